The van der Waals surface area contributed by atoms with Crippen LogP contribution in [0.15, 0.2) is 48.8 Å². The van der Waals surface area contributed by atoms with E-state index in [9.17, 15) is 0 Å². The molecule has 0 N–H and O–H groups in total. The van der Waals surface area contributed by atoms with Crippen molar-refractivity contribution in [3.05, 3.63) is 59.9 Å². The van der Waals surface area contributed by atoms with Crippen molar-refractivity contribution in [2.75, 3.05) is 25.0 Å². The molecule has 4 rings (SSSR count). The molecule has 3 heterocycles. The molecule has 0 unspecified atom stereocenters. The van der Waals surface area contributed by atoms with Crippen molar-refractivity contribution in [1.29, 1.82) is 0 Å². The molecule has 1 aliphatic rings. The fourth-order valence-corrected chi connectivity index (χ4v) is 3.64. The lowest BCUT2D eigenvalue weighted by molar-refractivity contribution is 0.330. The molecule has 0 radical (unpaired) electrons. The van der Waals surface area contributed by atoms with E-state index in [-0.39, 0.29) is 0 Å². The highest BCUT2D eigenvalue weighted by atomic mass is 15.3. The van der Waals surface area contributed by atoms with Gasteiger partial charge in [-0.25, -0.2) is 4.98 Å². The summed E-state index contributed by atoms with van der Waals surface area (Å²) < 4.78 is 1.95. The summed E-state index contributed by atoms with van der Waals surface area (Å²) in [4.78, 5) is 9.02. The maximum atomic E-state index is 4.42. The van der Waals surface area contributed by atoms with E-state index in [1.54, 1.807) is 6.20 Å². The molecule has 3 aromatic rings. The van der Waals surface area contributed by atoms with Crippen LogP contribution in [0, 0.1) is 0 Å². The van der Waals surface area contributed by atoms with Crippen LogP contribution in [0.2, 0.25) is 0 Å². The molecule has 1 fully saturated rings. The van der Waals surface area contributed by atoms with Gasteiger partial charge in [0.15, 0.2) is 11.6 Å². The standard InChI is InChI=1S/C21H26N6/c1-25-14-11-22-21(25)19-9-10-20(24-23-19)26(2)15-17-7-3-4-8-18(17)16-27-12-5-6-13-27/h3-4,7-11,14H,5-6,12-13,15-16H2,1-2H3. The Morgan fingerprint density at radius 3 is 2.44 bits per heavy atom. The zero-order valence-corrected chi connectivity index (χ0v) is 16.0. The van der Waals surface area contributed by atoms with Gasteiger partial charge < -0.3 is 9.47 Å². The highest BCUT2D eigenvalue weighted by molar-refractivity contribution is 5.51. The topological polar surface area (TPSA) is 50.1 Å². The first-order chi connectivity index (χ1) is 13.2. The highest BCUT2D eigenvalue weighted by Crippen LogP contribution is 2.20. The molecule has 1 aliphatic heterocycles. The summed E-state index contributed by atoms with van der Waals surface area (Å²) in [6.07, 6.45) is 6.32. The second kappa shape index (κ2) is 7.88. The zero-order chi connectivity index (χ0) is 18.6. The number of likely N-dealkylation sites (tertiary alicyclic amines) is 1. The Kier molecular flexibility index (Phi) is 5.16. The number of rotatable bonds is 6. The molecule has 6 heteroatoms. The van der Waals surface area contributed by atoms with Crippen molar-refractivity contribution in [1.82, 2.24) is 24.6 Å². The largest absolute Gasteiger partial charge is 0.354 e. The van der Waals surface area contributed by atoms with Gasteiger partial charge in [-0.05, 0) is 49.2 Å². The number of aryl methyl sites for hydroxylation is 1. The van der Waals surface area contributed by atoms with Crippen molar-refractivity contribution in [3.8, 4) is 11.5 Å². The third-order valence-corrected chi connectivity index (χ3v) is 5.21. The van der Waals surface area contributed by atoms with E-state index >= 15 is 0 Å². The van der Waals surface area contributed by atoms with Gasteiger partial charge in [0, 0.05) is 39.6 Å². The molecule has 0 atom stereocenters. The Balaban J connectivity index is 1.47. The smallest absolute Gasteiger partial charge is 0.160 e. The maximum absolute atomic E-state index is 4.42. The Hall–Kier alpha value is -2.73. The number of benzene rings is 1. The van der Waals surface area contributed by atoms with E-state index < -0.39 is 0 Å². The highest BCUT2D eigenvalue weighted by Gasteiger charge is 2.15. The Morgan fingerprint density at radius 2 is 1.78 bits per heavy atom. The van der Waals surface area contributed by atoms with E-state index in [1.165, 1.54) is 37.1 Å². The fourth-order valence-electron chi connectivity index (χ4n) is 3.64. The lowest BCUT2D eigenvalue weighted by Gasteiger charge is -2.22. The van der Waals surface area contributed by atoms with Gasteiger partial charge >= 0.3 is 0 Å². The lowest BCUT2D eigenvalue weighted by atomic mass is 10.1. The summed E-state index contributed by atoms with van der Waals surface area (Å²) in [5, 5.41) is 8.78. The van der Waals surface area contributed by atoms with E-state index in [1.807, 2.05) is 29.9 Å². The van der Waals surface area contributed by atoms with Crippen LogP contribution in [0.1, 0.15) is 24.0 Å². The van der Waals surface area contributed by atoms with Crippen molar-refractivity contribution in [2.24, 2.45) is 7.05 Å². The second-order valence-electron chi connectivity index (χ2n) is 7.25. The normalized spacial score (nSPS) is 14.6. The SMILES string of the molecule is CN(Cc1ccccc1CN1CCCC1)c1ccc(-c2nccn2C)nn1. The van der Waals surface area contributed by atoms with Gasteiger partial charge in [-0.2, -0.15) is 0 Å². The average Bonchev–Trinajstić information content (AvgIpc) is 3.35. The van der Waals surface area contributed by atoms with Crippen LogP contribution >= 0.6 is 0 Å². The number of nitrogens with zero attached hydrogens (tertiary/aromatic N) is 6. The summed E-state index contributed by atoms with van der Waals surface area (Å²) in [5.41, 5.74) is 3.54. The number of hydrogen-bond donors (Lipinski definition) is 0. The van der Waals surface area contributed by atoms with Gasteiger partial charge in [0.05, 0.1) is 0 Å². The molecular formula is C21H26N6. The molecule has 6 nitrogen and oxygen atoms in total. The molecule has 140 valence electrons. The van der Waals surface area contributed by atoms with Gasteiger partial charge in [-0.1, -0.05) is 24.3 Å². The average molecular weight is 362 g/mol. The minimum Gasteiger partial charge on any atom is -0.354 e. The molecule has 2 aromatic heterocycles. The van der Waals surface area contributed by atoms with Crippen LogP contribution in [0.25, 0.3) is 11.5 Å². The molecule has 1 saturated heterocycles. The quantitative estimate of drug-likeness (QED) is 0.674. The molecule has 0 amide bonds. The third kappa shape index (κ3) is 4.01. The van der Waals surface area contributed by atoms with Gasteiger partial charge in [-0.3, -0.25) is 4.90 Å². The summed E-state index contributed by atoms with van der Waals surface area (Å²) in [6.45, 7) is 4.28. The first-order valence-electron chi connectivity index (χ1n) is 9.52. The number of hydrogen-bond acceptors (Lipinski definition) is 5. The molecule has 0 spiro atoms. The van der Waals surface area contributed by atoms with E-state index in [4.69, 9.17) is 0 Å². The number of aromatic nitrogens is 4. The van der Waals surface area contributed by atoms with Crippen LogP contribution in [0.3, 0.4) is 0 Å². The van der Waals surface area contributed by atoms with Gasteiger partial charge in [0.25, 0.3) is 0 Å². The van der Waals surface area contributed by atoms with E-state index in [0.29, 0.717) is 0 Å². The summed E-state index contributed by atoms with van der Waals surface area (Å²) in [6, 6.07) is 12.7. The third-order valence-electron chi connectivity index (χ3n) is 5.21. The first-order valence-corrected chi connectivity index (χ1v) is 9.52. The van der Waals surface area contributed by atoms with Crippen LogP contribution in [-0.4, -0.2) is 44.8 Å². The van der Waals surface area contributed by atoms with Crippen molar-refractivity contribution in [3.63, 3.8) is 0 Å². The monoisotopic (exact) mass is 362 g/mol. The maximum Gasteiger partial charge on any atom is 0.160 e. The minimum atomic E-state index is 0.786. The molecular weight excluding hydrogens is 336 g/mol. The summed E-state index contributed by atoms with van der Waals surface area (Å²) in [7, 11) is 4.03. The Bertz CT molecular complexity index is 880. The van der Waals surface area contributed by atoms with Crippen molar-refractivity contribution in [2.45, 2.75) is 25.9 Å². The molecule has 0 bridgehead atoms. The zero-order valence-electron chi connectivity index (χ0n) is 16.0. The molecule has 1 aromatic carbocycles. The van der Waals surface area contributed by atoms with Crippen LogP contribution in [0.5, 0.6) is 0 Å². The fraction of sp³-hybridized carbons (Fsp3) is 0.381. The molecule has 0 saturated carbocycles. The van der Waals surface area contributed by atoms with E-state index in [0.717, 1.165) is 30.4 Å². The Morgan fingerprint density at radius 1 is 1.00 bits per heavy atom. The summed E-state index contributed by atoms with van der Waals surface area (Å²) >= 11 is 0. The van der Waals surface area contributed by atoms with Crippen LogP contribution in [-0.2, 0) is 20.1 Å². The van der Waals surface area contributed by atoms with Crippen molar-refractivity contribution >= 4 is 5.82 Å². The minimum absolute atomic E-state index is 0.786. The van der Waals surface area contributed by atoms with Gasteiger partial charge in [-0.15, -0.1) is 10.2 Å². The predicted octanol–water partition coefficient (Wildman–Crippen LogP) is 3.11. The first kappa shape index (κ1) is 17.7. The predicted molar refractivity (Wildman–Crippen MR) is 107 cm³/mol. The number of anilines is 1. The van der Waals surface area contributed by atoms with Crippen LogP contribution in [0.4, 0.5) is 5.82 Å². The van der Waals surface area contributed by atoms with Gasteiger partial charge in [0.2, 0.25) is 0 Å². The lowest BCUT2D eigenvalue weighted by Crippen LogP contribution is -2.22. The molecule has 27 heavy (non-hydrogen) atoms. The van der Waals surface area contributed by atoms with Gasteiger partial charge in [0.1, 0.15) is 5.69 Å². The van der Waals surface area contributed by atoms with Crippen molar-refractivity contribution < 1.29 is 0 Å². The Labute approximate surface area is 160 Å². The number of imidazole rings is 1. The summed E-state index contributed by atoms with van der Waals surface area (Å²) in [5.74, 6) is 1.69. The molecule has 0 aliphatic carbocycles. The second-order valence-corrected chi connectivity index (χ2v) is 7.25. The van der Waals surface area contributed by atoms with Crippen LogP contribution < -0.4 is 4.90 Å². The van der Waals surface area contributed by atoms with E-state index in [2.05, 4.69) is 56.3 Å².